The molecule has 1 saturated heterocycles. The largest absolute Gasteiger partial charge is 0.432 e. The molecule has 0 spiro atoms. The molecule has 0 unspecified atom stereocenters. The summed E-state index contributed by atoms with van der Waals surface area (Å²) < 4.78 is 16.5. The molecule has 1 rings (SSSR count). The third-order valence-corrected chi connectivity index (χ3v) is 4.93. The van der Waals surface area contributed by atoms with E-state index in [1.165, 1.54) is 0 Å². The van der Waals surface area contributed by atoms with Crippen molar-refractivity contribution in [3.63, 3.8) is 0 Å². The SMILES string of the molecule is CCCCOCCCC[C@@H](C(=O)N[C@H](CO)C(C)(C)C)[C@@H]1OC(C)(C)OC1=O. The third-order valence-electron chi connectivity index (χ3n) is 4.93. The van der Waals surface area contributed by atoms with Crippen LogP contribution in [0.2, 0.25) is 0 Å². The van der Waals surface area contributed by atoms with Gasteiger partial charge in [-0.1, -0.05) is 40.5 Å². The summed E-state index contributed by atoms with van der Waals surface area (Å²) in [4.78, 5) is 25.3. The number of hydrogen-bond acceptors (Lipinski definition) is 6. The Bertz CT molecular complexity index is 500. The van der Waals surface area contributed by atoms with E-state index in [0.717, 1.165) is 32.3 Å². The van der Waals surface area contributed by atoms with E-state index in [4.69, 9.17) is 14.2 Å². The summed E-state index contributed by atoms with van der Waals surface area (Å²) in [6, 6.07) is -0.412. The van der Waals surface area contributed by atoms with Gasteiger partial charge in [0.25, 0.3) is 0 Å². The Morgan fingerprint density at radius 1 is 1.25 bits per heavy atom. The first-order valence-electron chi connectivity index (χ1n) is 10.4. The van der Waals surface area contributed by atoms with Crippen molar-refractivity contribution in [2.75, 3.05) is 19.8 Å². The van der Waals surface area contributed by atoms with Gasteiger partial charge in [0.15, 0.2) is 6.10 Å². The van der Waals surface area contributed by atoms with Crippen LogP contribution in [0.5, 0.6) is 0 Å². The van der Waals surface area contributed by atoms with E-state index in [0.29, 0.717) is 13.0 Å². The third kappa shape index (κ3) is 8.05. The Morgan fingerprint density at radius 2 is 1.89 bits per heavy atom. The van der Waals surface area contributed by atoms with Gasteiger partial charge in [-0.25, -0.2) is 4.79 Å². The molecule has 0 aromatic heterocycles. The second-order valence-electron chi connectivity index (χ2n) is 9.04. The standard InChI is InChI=1S/C21H39NO6/c1-7-8-12-26-13-10-9-11-15(17-19(25)28-21(5,6)27-17)18(24)22-16(14-23)20(2,3)4/h15-17,23H,7-14H2,1-6H3,(H,22,24)/t15-,16-,17+/m1/s1. The molecule has 1 aliphatic heterocycles. The highest BCUT2D eigenvalue weighted by Crippen LogP contribution is 2.31. The zero-order chi connectivity index (χ0) is 21.4. The summed E-state index contributed by atoms with van der Waals surface area (Å²) in [6.45, 7) is 12.5. The molecule has 28 heavy (non-hydrogen) atoms. The van der Waals surface area contributed by atoms with Crippen molar-refractivity contribution < 1.29 is 28.9 Å². The number of esters is 1. The lowest BCUT2D eigenvalue weighted by atomic mass is 9.86. The molecule has 7 nitrogen and oxygen atoms in total. The fraction of sp³-hybridized carbons (Fsp3) is 0.905. The fourth-order valence-corrected chi connectivity index (χ4v) is 3.08. The topological polar surface area (TPSA) is 94.1 Å². The lowest BCUT2D eigenvalue weighted by Gasteiger charge is -2.32. The lowest BCUT2D eigenvalue weighted by molar-refractivity contribution is -0.162. The first-order chi connectivity index (χ1) is 13.0. The summed E-state index contributed by atoms with van der Waals surface area (Å²) in [6.07, 6.45) is 3.23. The second-order valence-corrected chi connectivity index (χ2v) is 9.04. The number of aliphatic hydroxyl groups is 1. The Labute approximate surface area is 169 Å². The van der Waals surface area contributed by atoms with Crippen molar-refractivity contribution in [2.24, 2.45) is 11.3 Å². The number of unbranched alkanes of at least 4 members (excludes halogenated alkanes) is 2. The molecule has 0 saturated carbocycles. The van der Waals surface area contributed by atoms with Gasteiger partial charge < -0.3 is 24.6 Å². The maximum Gasteiger partial charge on any atom is 0.338 e. The highest BCUT2D eigenvalue weighted by molar-refractivity contribution is 5.87. The Balaban J connectivity index is 2.72. The molecule has 1 aliphatic rings. The molecule has 0 aliphatic carbocycles. The van der Waals surface area contributed by atoms with Crippen LogP contribution in [0, 0.1) is 11.3 Å². The number of carbonyl (C=O) groups is 2. The number of rotatable bonds is 12. The summed E-state index contributed by atoms with van der Waals surface area (Å²) in [5, 5.41) is 12.5. The maximum absolute atomic E-state index is 13.0. The molecule has 1 heterocycles. The normalized spacial score (nSPS) is 21.2. The molecule has 1 fully saturated rings. The van der Waals surface area contributed by atoms with Gasteiger partial charge in [0.2, 0.25) is 11.7 Å². The smallest absolute Gasteiger partial charge is 0.338 e. The zero-order valence-corrected chi connectivity index (χ0v) is 18.4. The summed E-state index contributed by atoms with van der Waals surface area (Å²) >= 11 is 0. The number of ether oxygens (including phenoxy) is 3. The molecule has 7 heteroatoms. The van der Waals surface area contributed by atoms with Gasteiger partial charge in [-0.3, -0.25) is 4.79 Å². The molecular formula is C21H39NO6. The minimum absolute atomic E-state index is 0.172. The van der Waals surface area contributed by atoms with Crippen LogP contribution in [0.1, 0.15) is 73.6 Å². The van der Waals surface area contributed by atoms with Crippen molar-refractivity contribution in [2.45, 2.75) is 91.6 Å². The predicted molar refractivity (Wildman–Crippen MR) is 107 cm³/mol. The van der Waals surface area contributed by atoms with Gasteiger partial charge in [0.05, 0.1) is 18.6 Å². The molecule has 0 aromatic rings. The van der Waals surface area contributed by atoms with E-state index in [2.05, 4.69) is 12.2 Å². The van der Waals surface area contributed by atoms with E-state index < -0.39 is 29.8 Å². The van der Waals surface area contributed by atoms with Crippen molar-refractivity contribution in [3.05, 3.63) is 0 Å². The van der Waals surface area contributed by atoms with Gasteiger partial charge in [0.1, 0.15) is 0 Å². The van der Waals surface area contributed by atoms with Gasteiger partial charge in [-0.15, -0.1) is 0 Å². The maximum atomic E-state index is 13.0. The minimum atomic E-state index is -1.04. The van der Waals surface area contributed by atoms with Crippen molar-refractivity contribution in [1.82, 2.24) is 5.32 Å². The molecule has 0 aromatic carbocycles. The number of nitrogens with one attached hydrogen (secondary N) is 1. The van der Waals surface area contributed by atoms with Gasteiger partial charge >= 0.3 is 5.97 Å². The number of carbonyl (C=O) groups excluding carboxylic acids is 2. The molecule has 1 amide bonds. The van der Waals surface area contributed by atoms with Crippen LogP contribution < -0.4 is 5.32 Å². The molecule has 0 radical (unpaired) electrons. The van der Waals surface area contributed by atoms with E-state index in [1.807, 2.05) is 20.8 Å². The number of hydrogen-bond donors (Lipinski definition) is 2. The zero-order valence-electron chi connectivity index (χ0n) is 18.4. The molecule has 0 bridgehead atoms. The molecule has 3 atom stereocenters. The molecular weight excluding hydrogens is 362 g/mol. The van der Waals surface area contributed by atoms with Crippen molar-refractivity contribution in [3.8, 4) is 0 Å². The van der Waals surface area contributed by atoms with Gasteiger partial charge in [0, 0.05) is 27.1 Å². The van der Waals surface area contributed by atoms with Crippen LogP contribution in [-0.2, 0) is 23.8 Å². The van der Waals surface area contributed by atoms with Gasteiger partial charge in [-0.05, 0) is 24.7 Å². The van der Waals surface area contributed by atoms with Crippen LogP contribution in [0.4, 0.5) is 0 Å². The minimum Gasteiger partial charge on any atom is -0.432 e. The van der Waals surface area contributed by atoms with E-state index >= 15 is 0 Å². The Morgan fingerprint density at radius 3 is 2.39 bits per heavy atom. The first-order valence-corrected chi connectivity index (χ1v) is 10.4. The lowest BCUT2D eigenvalue weighted by Crippen LogP contribution is -2.50. The van der Waals surface area contributed by atoms with Crippen LogP contribution in [0.15, 0.2) is 0 Å². The predicted octanol–water partition coefficient (Wildman–Crippen LogP) is 2.79. The van der Waals surface area contributed by atoms with Crippen LogP contribution in [-0.4, -0.2) is 54.7 Å². The van der Waals surface area contributed by atoms with Crippen molar-refractivity contribution in [1.29, 1.82) is 0 Å². The first kappa shape index (κ1) is 24.9. The average molecular weight is 402 g/mol. The van der Waals surface area contributed by atoms with Crippen LogP contribution in [0.25, 0.3) is 0 Å². The number of aliphatic hydroxyl groups excluding tert-OH is 1. The van der Waals surface area contributed by atoms with Gasteiger partial charge in [-0.2, -0.15) is 0 Å². The summed E-state index contributed by atoms with van der Waals surface area (Å²) in [7, 11) is 0. The summed E-state index contributed by atoms with van der Waals surface area (Å²) in [5.74, 6) is -2.51. The Hall–Kier alpha value is -1.18. The molecule has 164 valence electrons. The highest BCUT2D eigenvalue weighted by atomic mass is 16.8. The van der Waals surface area contributed by atoms with E-state index in [9.17, 15) is 14.7 Å². The summed E-state index contributed by atoms with van der Waals surface area (Å²) in [5.41, 5.74) is -0.307. The van der Waals surface area contributed by atoms with Crippen molar-refractivity contribution >= 4 is 11.9 Å². The second kappa shape index (κ2) is 11.1. The fourth-order valence-electron chi connectivity index (χ4n) is 3.08. The van der Waals surface area contributed by atoms with Crippen LogP contribution >= 0.6 is 0 Å². The molecule has 2 N–H and O–H groups in total. The monoisotopic (exact) mass is 401 g/mol. The number of cyclic esters (lactones) is 1. The Kier molecular flexibility index (Phi) is 9.87. The van der Waals surface area contributed by atoms with E-state index in [-0.39, 0.29) is 17.9 Å². The van der Waals surface area contributed by atoms with E-state index in [1.54, 1.807) is 13.8 Å². The highest BCUT2D eigenvalue weighted by Gasteiger charge is 2.47. The van der Waals surface area contributed by atoms with Crippen LogP contribution in [0.3, 0.4) is 0 Å². The average Bonchev–Trinajstić information content (AvgIpc) is 2.86. The quantitative estimate of drug-likeness (QED) is 0.386. The number of amides is 1.